The van der Waals surface area contributed by atoms with E-state index in [9.17, 15) is 19.2 Å². The van der Waals surface area contributed by atoms with Gasteiger partial charge in [0.05, 0.1) is 11.3 Å². The van der Waals surface area contributed by atoms with E-state index in [0.29, 0.717) is 10.5 Å². The highest BCUT2D eigenvalue weighted by atomic mass is 32.2. The van der Waals surface area contributed by atoms with Gasteiger partial charge in [-0.2, -0.15) is 0 Å². The summed E-state index contributed by atoms with van der Waals surface area (Å²) in [7, 11) is 0. The van der Waals surface area contributed by atoms with Gasteiger partial charge in [0.15, 0.2) is 6.61 Å². The van der Waals surface area contributed by atoms with Crippen LogP contribution in [0.25, 0.3) is 0 Å². The molecule has 0 saturated carbocycles. The summed E-state index contributed by atoms with van der Waals surface area (Å²) >= 11 is 1.22. The Morgan fingerprint density at radius 1 is 0.962 bits per heavy atom. The van der Waals surface area contributed by atoms with Crippen LogP contribution in [0, 0.1) is 0 Å². The molecule has 0 heterocycles. The number of amides is 2. The van der Waals surface area contributed by atoms with Crippen molar-refractivity contribution in [3.8, 4) is 0 Å². The Balaban J connectivity index is 1.91. The fourth-order valence-corrected chi connectivity index (χ4v) is 2.81. The van der Waals surface area contributed by atoms with E-state index in [0.717, 1.165) is 0 Å². The number of carbonyl (C=O) groups is 4. The van der Waals surface area contributed by atoms with E-state index in [4.69, 9.17) is 4.74 Å². The summed E-state index contributed by atoms with van der Waals surface area (Å²) in [5, 5.41) is 2.15. The smallest absolute Gasteiger partial charge is 0.339 e. The quantitative estimate of drug-likeness (QED) is 0.594. The number of imide groups is 1. The summed E-state index contributed by atoms with van der Waals surface area (Å²) in [6.45, 7) is 0.880. The van der Waals surface area contributed by atoms with E-state index in [-0.39, 0.29) is 17.1 Å². The Morgan fingerprint density at radius 2 is 1.62 bits per heavy atom. The molecule has 0 spiro atoms. The van der Waals surface area contributed by atoms with Crippen molar-refractivity contribution in [1.82, 2.24) is 5.32 Å². The predicted molar refractivity (Wildman–Crippen MR) is 97.0 cm³/mol. The van der Waals surface area contributed by atoms with Crippen molar-refractivity contribution in [3.63, 3.8) is 0 Å². The zero-order valence-corrected chi connectivity index (χ0v) is 14.9. The topological polar surface area (TPSA) is 89.5 Å². The molecule has 0 radical (unpaired) electrons. The monoisotopic (exact) mass is 371 g/mol. The van der Waals surface area contributed by atoms with Crippen LogP contribution in [0.2, 0.25) is 0 Å². The number of carbonyl (C=O) groups excluding carboxylic acids is 4. The number of Topliss-reactive ketones (excluding diaryl/α,β-unsaturated/α-hetero) is 1. The van der Waals surface area contributed by atoms with E-state index in [1.807, 2.05) is 0 Å². The van der Waals surface area contributed by atoms with Crippen LogP contribution in [0.5, 0.6) is 0 Å². The molecule has 2 rings (SSSR count). The Bertz CT molecular complexity index is 820. The van der Waals surface area contributed by atoms with Crippen LogP contribution in [-0.2, 0) is 14.3 Å². The molecule has 2 aromatic rings. The van der Waals surface area contributed by atoms with Crippen molar-refractivity contribution in [2.75, 3.05) is 12.4 Å². The Kier molecular flexibility index (Phi) is 7.11. The molecule has 0 atom stereocenters. The van der Waals surface area contributed by atoms with Gasteiger partial charge in [0.2, 0.25) is 0 Å². The van der Waals surface area contributed by atoms with Crippen LogP contribution in [0.3, 0.4) is 0 Å². The number of ketones is 1. The lowest BCUT2D eigenvalue weighted by atomic mass is 10.2. The standard InChI is InChI=1S/C19H17NO5S/c1-13(21)12-26-16-10-6-5-9-15(16)19(24)25-11-17(22)20-18(23)14-7-3-2-4-8-14/h2-10H,11-12H2,1H3,(H,20,22,23). The average molecular weight is 371 g/mol. The SMILES string of the molecule is CC(=O)CSc1ccccc1C(=O)OCC(=O)NC(=O)c1ccccc1. The first-order chi connectivity index (χ1) is 12.5. The van der Waals surface area contributed by atoms with Gasteiger partial charge in [0.25, 0.3) is 11.8 Å². The van der Waals surface area contributed by atoms with Crippen LogP contribution in [0.4, 0.5) is 0 Å². The maximum Gasteiger partial charge on any atom is 0.339 e. The molecular formula is C19H17NO5S. The molecule has 2 amide bonds. The zero-order chi connectivity index (χ0) is 18.9. The summed E-state index contributed by atoms with van der Waals surface area (Å²) in [6.07, 6.45) is 0. The van der Waals surface area contributed by atoms with Crippen LogP contribution >= 0.6 is 11.8 Å². The number of nitrogens with one attached hydrogen (secondary N) is 1. The third kappa shape index (κ3) is 5.86. The number of thioether (sulfide) groups is 1. The van der Waals surface area contributed by atoms with Gasteiger partial charge in [-0.05, 0) is 31.2 Å². The Labute approximate surface area is 154 Å². The summed E-state index contributed by atoms with van der Waals surface area (Å²) < 4.78 is 4.97. The van der Waals surface area contributed by atoms with Gasteiger partial charge < -0.3 is 4.74 Å². The fraction of sp³-hybridized carbons (Fsp3) is 0.158. The van der Waals surface area contributed by atoms with E-state index in [1.54, 1.807) is 54.6 Å². The molecule has 26 heavy (non-hydrogen) atoms. The second-order valence-electron chi connectivity index (χ2n) is 5.31. The van der Waals surface area contributed by atoms with Crippen LogP contribution < -0.4 is 5.32 Å². The number of hydrogen-bond donors (Lipinski definition) is 1. The lowest BCUT2D eigenvalue weighted by molar-refractivity contribution is -0.123. The van der Waals surface area contributed by atoms with Gasteiger partial charge in [0.1, 0.15) is 5.78 Å². The second-order valence-corrected chi connectivity index (χ2v) is 6.32. The molecule has 0 unspecified atom stereocenters. The van der Waals surface area contributed by atoms with Crippen molar-refractivity contribution in [3.05, 3.63) is 65.7 Å². The highest BCUT2D eigenvalue weighted by Crippen LogP contribution is 2.23. The van der Waals surface area contributed by atoms with E-state index in [2.05, 4.69) is 5.32 Å². The van der Waals surface area contributed by atoms with Crippen molar-refractivity contribution in [2.45, 2.75) is 11.8 Å². The lowest BCUT2D eigenvalue weighted by Gasteiger charge is -2.09. The third-order valence-corrected chi connectivity index (χ3v) is 4.38. The number of ether oxygens (including phenoxy) is 1. The molecule has 134 valence electrons. The normalized spacial score (nSPS) is 10.0. The molecular weight excluding hydrogens is 354 g/mol. The van der Waals surface area contributed by atoms with Gasteiger partial charge in [0, 0.05) is 10.5 Å². The highest BCUT2D eigenvalue weighted by molar-refractivity contribution is 8.00. The molecule has 7 heteroatoms. The number of rotatable bonds is 7. The number of benzene rings is 2. The second kappa shape index (κ2) is 9.53. The minimum atomic E-state index is -0.721. The molecule has 0 bridgehead atoms. The summed E-state index contributed by atoms with van der Waals surface area (Å²) in [5.41, 5.74) is 0.596. The van der Waals surface area contributed by atoms with Crippen molar-refractivity contribution in [1.29, 1.82) is 0 Å². The van der Waals surface area contributed by atoms with Crippen LogP contribution in [-0.4, -0.2) is 35.9 Å². The molecule has 6 nitrogen and oxygen atoms in total. The van der Waals surface area contributed by atoms with Crippen molar-refractivity contribution >= 4 is 35.3 Å². The zero-order valence-electron chi connectivity index (χ0n) is 14.1. The first-order valence-corrected chi connectivity index (χ1v) is 8.73. The van der Waals surface area contributed by atoms with Crippen molar-refractivity contribution < 1.29 is 23.9 Å². The Morgan fingerprint density at radius 3 is 2.31 bits per heavy atom. The van der Waals surface area contributed by atoms with E-state index >= 15 is 0 Å². The van der Waals surface area contributed by atoms with Gasteiger partial charge >= 0.3 is 5.97 Å². The third-order valence-electron chi connectivity index (χ3n) is 3.16. The minimum absolute atomic E-state index is 0.0167. The molecule has 0 aliphatic rings. The van der Waals surface area contributed by atoms with Gasteiger partial charge in [-0.15, -0.1) is 11.8 Å². The van der Waals surface area contributed by atoms with E-state index < -0.39 is 24.4 Å². The van der Waals surface area contributed by atoms with Crippen LogP contribution in [0.15, 0.2) is 59.5 Å². The van der Waals surface area contributed by atoms with Gasteiger partial charge in [-0.3, -0.25) is 19.7 Å². The summed E-state index contributed by atoms with van der Waals surface area (Å²) in [5.74, 6) is -1.77. The molecule has 0 aromatic heterocycles. The van der Waals surface area contributed by atoms with E-state index in [1.165, 1.54) is 18.7 Å². The highest BCUT2D eigenvalue weighted by Gasteiger charge is 2.16. The number of esters is 1. The predicted octanol–water partition coefficient (Wildman–Crippen LogP) is 2.48. The Hall–Kier alpha value is -2.93. The fourth-order valence-electron chi connectivity index (χ4n) is 1.97. The molecule has 0 aliphatic carbocycles. The summed E-state index contributed by atoms with van der Waals surface area (Å²) in [4.78, 5) is 47.6. The van der Waals surface area contributed by atoms with Crippen molar-refractivity contribution in [2.24, 2.45) is 0 Å². The maximum absolute atomic E-state index is 12.2. The van der Waals surface area contributed by atoms with Crippen LogP contribution in [0.1, 0.15) is 27.6 Å². The lowest BCUT2D eigenvalue weighted by Crippen LogP contribution is -2.34. The molecule has 1 N–H and O–H groups in total. The largest absolute Gasteiger partial charge is 0.452 e. The maximum atomic E-state index is 12.2. The van der Waals surface area contributed by atoms with Gasteiger partial charge in [-0.25, -0.2) is 4.79 Å². The summed E-state index contributed by atoms with van der Waals surface area (Å²) in [6, 6.07) is 14.9. The molecule has 0 fully saturated rings. The molecule has 2 aromatic carbocycles. The molecule has 0 aliphatic heterocycles. The minimum Gasteiger partial charge on any atom is -0.452 e. The average Bonchev–Trinajstić information content (AvgIpc) is 2.65. The van der Waals surface area contributed by atoms with Gasteiger partial charge in [-0.1, -0.05) is 30.3 Å². The number of hydrogen-bond acceptors (Lipinski definition) is 6. The first kappa shape index (κ1) is 19.4. The molecule has 0 saturated heterocycles. The first-order valence-electron chi connectivity index (χ1n) is 7.75.